The molecule has 2 aromatic carbocycles. The average molecular weight is 201 g/mol. The van der Waals surface area contributed by atoms with Gasteiger partial charge in [-0.25, -0.2) is 0 Å². The Morgan fingerprint density at radius 3 is 2.47 bits per heavy atom. The Balaban J connectivity index is 2.66. The van der Waals surface area contributed by atoms with E-state index in [1.807, 2.05) is 24.3 Å². The van der Waals surface area contributed by atoms with Gasteiger partial charge in [-0.15, -0.1) is 0 Å². The number of anilines is 1. The van der Waals surface area contributed by atoms with Gasteiger partial charge in [0.1, 0.15) is 5.75 Å². The van der Waals surface area contributed by atoms with Crippen LogP contribution in [0.2, 0.25) is 0 Å². The number of fused-ring (bicyclic) bond motifs is 1. The highest BCUT2D eigenvalue weighted by molar-refractivity contribution is 5.97. The first-order valence-corrected chi connectivity index (χ1v) is 4.64. The molecule has 2 rings (SSSR count). The number of benzene rings is 2. The molecule has 0 heterocycles. The standard InChI is InChI=1S/C12H11NO2/c1-8(14)15-12-7-6-11(13)9-4-2-3-5-10(9)12/h2-7H,13H2,1H3. The van der Waals surface area contributed by atoms with E-state index >= 15 is 0 Å². The average Bonchev–Trinajstić information content (AvgIpc) is 2.22. The Bertz CT molecular complexity index is 520. The van der Waals surface area contributed by atoms with Crippen molar-refractivity contribution in [2.75, 3.05) is 5.73 Å². The van der Waals surface area contributed by atoms with Crippen LogP contribution in [0.3, 0.4) is 0 Å². The van der Waals surface area contributed by atoms with Gasteiger partial charge in [-0.2, -0.15) is 0 Å². The summed E-state index contributed by atoms with van der Waals surface area (Å²) >= 11 is 0. The van der Waals surface area contributed by atoms with Gasteiger partial charge in [0.05, 0.1) is 0 Å². The Morgan fingerprint density at radius 1 is 1.13 bits per heavy atom. The van der Waals surface area contributed by atoms with E-state index in [-0.39, 0.29) is 5.97 Å². The van der Waals surface area contributed by atoms with Crippen LogP contribution in [0, 0.1) is 0 Å². The summed E-state index contributed by atoms with van der Waals surface area (Å²) in [6, 6.07) is 11.0. The summed E-state index contributed by atoms with van der Waals surface area (Å²) in [6.07, 6.45) is 0. The maximum Gasteiger partial charge on any atom is 0.308 e. The molecule has 2 N–H and O–H groups in total. The van der Waals surface area contributed by atoms with E-state index in [9.17, 15) is 4.79 Å². The van der Waals surface area contributed by atoms with Gasteiger partial charge in [0.2, 0.25) is 0 Å². The normalized spacial score (nSPS) is 10.2. The number of nitrogens with two attached hydrogens (primary N) is 1. The van der Waals surface area contributed by atoms with Crippen LogP contribution in [0.15, 0.2) is 36.4 Å². The molecule has 0 aliphatic carbocycles. The molecule has 3 nitrogen and oxygen atoms in total. The van der Waals surface area contributed by atoms with Crippen LogP contribution < -0.4 is 10.5 Å². The van der Waals surface area contributed by atoms with Gasteiger partial charge >= 0.3 is 5.97 Å². The van der Waals surface area contributed by atoms with Crippen molar-refractivity contribution >= 4 is 22.4 Å². The van der Waals surface area contributed by atoms with Gasteiger partial charge in [-0.1, -0.05) is 24.3 Å². The third kappa shape index (κ3) is 1.76. The Kier molecular flexibility index (Phi) is 2.29. The van der Waals surface area contributed by atoms with E-state index < -0.39 is 0 Å². The van der Waals surface area contributed by atoms with Crippen molar-refractivity contribution in [3.05, 3.63) is 36.4 Å². The molecule has 0 atom stereocenters. The summed E-state index contributed by atoms with van der Waals surface area (Å²) in [6.45, 7) is 1.38. The lowest BCUT2D eigenvalue weighted by atomic mass is 10.1. The Hall–Kier alpha value is -2.03. The van der Waals surface area contributed by atoms with Gasteiger partial charge in [-0.05, 0) is 12.1 Å². The number of carbonyl (C=O) groups excluding carboxylic acids is 1. The zero-order valence-corrected chi connectivity index (χ0v) is 8.36. The topological polar surface area (TPSA) is 52.3 Å². The molecule has 0 saturated heterocycles. The van der Waals surface area contributed by atoms with Crippen LogP contribution in [-0.4, -0.2) is 5.97 Å². The number of esters is 1. The number of nitrogen functional groups attached to an aromatic ring is 1. The van der Waals surface area contributed by atoms with Crippen molar-refractivity contribution in [2.45, 2.75) is 6.92 Å². The fraction of sp³-hybridized carbons (Fsp3) is 0.0833. The third-order valence-corrected chi connectivity index (χ3v) is 2.17. The second kappa shape index (κ2) is 3.61. The quantitative estimate of drug-likeness (QED) is 0.437. The molecule has 0 fully saturated rings. The highest BCUT2D eigenvalue weighted by Gasteiger charge is 2.05. The van der Waals surface area contributed by atoms with Gasteiger partial charge < -0.3 is 10.5 Å². The van der Waals surface area contributed by atoms with E-state index in [1.165, 1.54) is 6.92 Å². The van der Waals surface area contributed by atoms with Crippen LogP contribution in [0.1, 0.15) is 6.92 Å². The minimum Gasteiger partial charge on any atom is -0.426 e. The van der Waals surface area contributed by atoms with E-state index in [4.69, 9.17) is 10.5 Å². The highest BCUT2D eigenvalue weighted by atomic mass is 16.5. The van der Waals surface area contributed by atoms with Crippen molar-refractivity contribution in [1.29, 1.82) is 0 Å². The molecule has 0 saturated carbocycles. The van der Waals surface area contributed by atoms with Crippen molar-refractivity contribution in [3.63, 3.8) is 0 Å². The summed E-state index contributed by atoms with van der Waals surface area (Å²) in [5.41, 5.74) is 6.50. The van der Waals surface area contributed by atoms with E-state index in [1.54, 1.807) is 12.1 Å². The van der Waals surface area contributed by atoms with Crippen molar-refractivity contribution in [1.82, 2.24) is 0 Å². The first-order valence-electron chi connectivity index (χ1n) is 4.64. The highest BCUT2D eigenvalue weighted by Crippen LogP contribution is 2.29. The Labute approximate surface area is 87.5 Å². The SMILES string of the molecule is CC(=O)Oc1ccc(N)c2ccccc12. The second-order valence-electron chi connectivity index (χ2n) is 3.29. The Morgan fingerprint density at radius 2 is 1.80 bits per heavy atom. The number of ether oxygens (including phenoxy) is 1. The van der Waals surface area contributed by atoms with Gasteiger partial charge in [-0.3, -0.25) is 4.79 Å². The molecule has 2 aromatic rings. The second-order valence-corrected chi connectivity index (χ2v) is 3.29. The van der Waals surface area contributed by atoms with Crippen molar-refractivity contribution in [2.24, 2.45) is 0 Å². The molecule has 0 aromatic heterocycles. The molecular weight excluding hydrogens is 190 g/mol. The molecule has 0 spiro atoms. The maximum atomic E-state index is 10.9. The van der Waals surface area contributed by atoms with Gasteiger partial charge in [0.25, 0.3) is 0 Å². The zero-order chi connectivity index (χ0) is 10.8. The number of rotatable bonds is 1. The van der Waals surface area contributed by atoms with Crippen LogP contribution in [0.4, 0.5) is 5.69 Å². The van der Waals surface area contributed by atoms with Crippen LogP contribution in [0.25, 0.3) is 10.8 Å². The lowest BCUT2D eigenvalue weighted by molar-refractivity contribution is -0.131. The van der Waals surface area contributed by atoms with Crippen molar-refractivity contribution in [3.8, 4) is 5.75 Å². The zero-order valence-electron chi connectivity index (χ0n) is 8.36. The fourth-order valence-corrected chi connectivity index (χ4v) is 1.54. The molecule has 0 aliphatic heterocycles. The lowest BCUT2D eigenvalue weighted by Gasteiger charge is -2.07. The summed E-state index contributed by atoms with van der Waals surface area (Å²) in [5, 5.41) is 1.75. The predicted octanol–water partition coefficient (Wildman–Crippen LogP) is 2.35. The number of hydrogen-bond donors (Lipinski definition) is 1. The molecule has 3 heteroatoms. The van der Waals surface area contributed by atoms with Crippen LogP contribution >= 0.6 is 0 Å². The molecule has 0 radical (unpaired) electrons. The smallest absolute Gasteiger partial charge is 0.308 e. The summed E-state index contributed by atoms with van der Waals surface area (Å²) in [5.74, 6) is 0.220. The van der Waals surface area contributed by atoms with E-state index in [0.29, 0.717) is 11.4 Å². The van der Waals surface area contributed by atoms with E-state index in [0.717, 1.165) is 10.8 Å². The minimum atomic E-state index is -0.329. The number of carbonyl (C=O) groups is 1. The minimum absolute atomic E-state index is 0.329. The molecule has 0 amide bonds. The monoisotopic (exact) mass is 201 g/mol. The summed E-state index contributed by atoms with van der Waals surface area (Å²) in [7, 11) is 0. The summed E-state index contributed by atoms with van der Waals surface area (Å²) in [4.78, 5) is 10.9. The summed E-state index contributed by atoms with van der Waals surface area (Å²) < 4.78 is 5.09. The lowest BCUT2D eigenvalue weighted by Crippen LogP contribution is -2.02. The molecule has 0 unspecified atom stereocenters. The van der Waals surface area contributed by atoms with Gasteiger partial charge in [0.15, 0.2) is 0 Å². The first-order chi connectivity index (χ1) is 7.18. The largest absolute Gasteiger partial charge is 0.426 e. The van der Waals surface area contributed by atoms with Gasteiger partial charge in [0, 0.05) is 23.4 Å². The number of hydrogen-bond acceptors (Lipinski definition) is 3. The molecular formula is C12H11NO2. The third-order valence-electron chi connectivity index (χ3n) is 2.17. The van der Waals surface area contributed by atoms with E-state index in [2.05, 4.69) is 0 Å². The van der Waals surface area contributed by atoms with Crippen LogP contribution in [0.5, 0.6) is 5.75 Å². The van der Waals surface area contributed by atoms with Crippen LogP contribution in [-0.2, 0) is 4.79 Å². The molecule has 15 heavy (non-hydrogen) atoms. The maximum absolute atomic E-state index is 10.9. The molecule has 76 valence electrons. The molecule has 0 bridgehead atoms. The predicted molar refractivity (Wildman–Crippen MR) is 59.7 cm³/mol. The van der Waals surface area contributed by atoms with Crippen molar-refractivity contribution < 1.29 is 9.53 Å². The molecule has 0 aliphatic rings. The fourth-order valence-electron chi connectivity index (χ4n) is 1.54. The first kappa shape index (κ1) is 9.52.